The molecule has 0 radical (unpaired) electrons. The molecule has 0 unspecified atom stereocenters. The molecule has 1 heterocycles. The van der Waals surface area contributed by atoms with Crippen LogP contribution in [0.4, 0.5) is 14.5 Å². The zero-order chi connectivity index (χ0) is 20.8. The molecule has 0 bridgehead atoms. The maximum absolute atomic E-state index is 12.2. The van der Waals surface area contributed by atoms with Crippen molar-refractivity contribution in [3.8, 4) is 22.9 Å². The van der Waals surface area contributed by atoms with Gasteiger partial charge in [-0.05, 0) is 30.3 Å². The van der Waals surface area contributed by atoms with Crippen molar-refractivity contribution >= 4 is 17.4 Å². The lowest BCUT2D eigenvalue weighted by Crippen LogP contribution is -2.12. The summed E-state index contributed by atoms with van der Waals surface area (Å²) in [5.41, 5.74) is 0.535. The van der Waals surface area contributed by atoms with Crippen LogP contribution in [0.15, 0.2) is 53.7 Å². The monoisotopic (exact) mass is 423 g/mol. The first-order chi connectivity index (χ1) is 13.9. The predicted molar refractivity (Wildman–Crippen MR) is 102 cm³/mol. The van der Waals surface area contributed by atoms with Gasteiger partial charge in [0.05, 0.1) is 17.6 Å². The van der Waals surface area contributed by atoms with Crippen LogP contribution in [0.2, 0.25) is 0 Å². The highest BCUT2D eigenvalue weighted by Crippen LogP contribution is 2.25. The fraction of sp³-hybridized carbons (Fsp3) is 0.176. The van der Waals surface area contributed by atoms with E-state index in [1.807, 2.05) is 0 Å². The number of benzene rings is 2. The van der Waals surface area contributed by atoms with Crippen molar-refractivity contribution < 1.29 is 23.2 Å². The summed E-state index contributed by atoms with van der Waals surface area (Å²) in [6, 6.07) is 11.8. The van der Waals surface area contributed by atoms with Gasteiger partial charge in [-0.1, -0.05) is 17.8 Å². The fourth-order valence-electron chi connectivity index (χ4n) is 2.34. The molecule has 0 saturated heterocycles. The number of aromatic nitrogens is 3. The highest BCUT2D eigenvalue weighted by Gasteiger charge is 2.13. The average Bonchev–Trinajstić information content (AvgIpc) is 3.06. The van der Waals surface area contributed by atoms with E-state index in [0.29, 0.717) is 28.0 Å². The van der Waals surface area contributed by atoms with Crippen LogP contribution in [0.5, 0.6) is 11.5 Å². The summed E-state index contributed by atoms with van der Waals surface area (Å²) in [6.45, 7) is -2.63. The third kappa shape index (κ3) is 5.31. The molecule has 3 rings (SSSR count). The van der Waals surface area contributed by atoms with Crippen molar-refractivity contribution in [1.82, 2.24) is 14.9 Å². The molecule has 1 aromatic heterocycles. The summed E-state index contributed by atoms with van der Waals surface area (Å²) >= 11 is 1.29. The molecule has 2 N–H and O–H groups in total. The van der Waals surface area contributed by atoms with Crippen LogP contribution in [-0.4, -0.2) is 38.8 Å². The lowest BCUT2D eigenvalue weighted by molar-refractivity contribution is -0.384. The van der Waals surface area contributed by atoms with Gasteiger partial charge in [-0.3, -0.25) is 10.1 Å². The van der Waals surface area contributed by atoms with E-state index in [-0.39, 0.29) is 18.0 Å². The van der Waals surface area contributed by atoms with E-state index in [1.54, 1.807) is 24.3 Å². The highest BCUT2D eigenvalue weighted by atomic mass is 32.2. The number of nitro groups is 1. The molecule has 3 aromatic rings. The number of non-ortho nitro benzene ring substituents is 1. The van der Waals surface area contributed by atoms with Gasteiger partial charge in [-0.2, -0.15) is 8.78 Å². The minimum atomic E-state index is -2.90. The molecule has 12 heteroatoms. The fourth-order valence-corrected chi connectivity index (χ4v) is 3.01. The number of thioether (sulfide) groups is 1. The Hall–Kier alpha value is -3.41. The molecular weight excluding hydrogens is 408 g/mol. The van der Waals surface area contributed by atoms with Gasteiger partial charge in [0.25, 0.3) is 5.69 Å². The lowest BCUT2D eigenvalue weighted by atomic mass is 10.2. The molecule has 0 aliphatic carbocycles. The summed E-state index contributed by atoms with van der Waals surface area (Å²) < 4.78 is 35.5. The van der Waals surface area contributed by atoms with Crippen molar-refractivity contribution in [2.45, 2.75) is 11.8 Å². The average molecular weight is 423 g/mol. The molecular formula is C17H15F2N5O4S. The molecule has 9 nitrogen and oxygen atoms in total. The molecule has 29 heavy (non-hydrogen) atoms. The van der Waals surface area contributed by atoms with Gasteiger partial charge in [0.15, 0.2) is 5.82 Å². The van der Waals surface area contributed by atoms with Crippen LogP contribution in [-0.2, 0) is 0 Å². The van der Waals surface area contributed by atoms with E-state index in [4.69, 9.17) is 10.6 Å². The predicted octanol–water partition coefficient (Wildman–Crippen LogP) is 3.34. The number of alkyl halides is 2. The lowest BCUT2D eigenvalue weighted by Gasteiger charge is -2.07. The Morgan fingerprint density at radius 1 is 1.17 bits per heavy atom. The molecule has 0 aliphatic rings. The van der Waals surface area contributed by atoms with E-state index < -0.39 is 11.5 Å². The maximum Gasteiger partial charge on any atom is 0.387 e. The smallest absolute Gasteiger partial charge is 0.387 e. The first kappa shape index (κ1) is 20.3. The number of hydrogen-bond donors (Lipinski definition) is 1. The third-order valence-electron chi connectivity index (χ3n) is 3.61. The normalized spacial score (nSPS) is 10.9. The highest BCUT2D eigenvalue weighted by molar-refractivity contribution is 7.99. The Balaban J connectivity index is 1.56. The first-order valence-corrected chi connectivity index (χ1v) is 9.18. The van der Waals surface area contributed by atoms with Crippen molar-refractivity contribution in [3.63, 3.8) is 0 Å². The van der Waals surface area contributed by atoms with E-state index >= 15 is 0 Å². The Morgan fingerprint density at radius 3 is 2.62 bits per heavy atom. The van der Waals surface area contributed by atoms with Crippen molar-refractivity contribution in [3.05, 3.63) is 58.6 Å². The van der Waals surface area contributed by atoms with E-state index in [9.17, 15) is 18.9 Å². The quantitative estimate of drug-likeness (QED) is 0.183. The van der Waals surface area contributed by atoms with Crippen LogP contribution in [0.25, 0.3) is 11.4 Å². The zero-order valence-electron chi connectivity index (χ0n) is 14.8. The molecule has 0 amide bonds. The SMILES string of the molecule is Nn1c(SCCOc2cccc([N+](=O)[O-])c2)nnc1-c1ccc(OC(F)F)cc1. The van der Waals surface area contributed by atoms with Crippen LogP contribution in [0.1, 0.15) is 0 Å². The maximum atomic E-state index is 12.2. The number of rotatable bonds is 9. The van der Waals surface area contributed by atoms with Crippen LogP contribution < -0.4 is 15.3 Å². The van der Waals surface area contributed by atoms with Crippen molar-refractivity contribution in [1.29, 1.82) is 0 Å². The number of nitro benzene ring substituents is 1. The zero-order valence-corrected chi connectivity index (χ0v) is 15.6. The second kappa shape index (κ2) is 9.19. The molecule has 152 valence electrons. The van der Waals surface area contributed by atoms with E-state index in [1.165, 1.54) is 40.7 Å². The van der Waals surface area contributed by atoms with Gasteiger partial charge in [0, 0.05) is 17.4 Å². The van der Waals surface area contributed by atoms with Gasteiger partial charge in [-0.15, -0.1) is 10.2 Å². The minimum absolute atomic E-state index is 0.0275. The molecule has 0 atom stereocenters. The second-order valence-corrected chi connectivity index (χ2v) is 6.59. The number of nitrogens with two attached hydrogens (primary N) is 1. The van der Waals surface area contributed by atoms with Crippen LogP contribution >= 0.6 is 11.8 Å². The van der Waals surface area contributed by atoms with Gasteiger partial charge in [0.2, 0.25) is 5.16 Å². The second-order valence-electron chi connectivity index (χ2n) is 5.53. The molecule has 0 aliphatic heterocycles. The van der Waals surface area contributed by atoms with Gasteiger partial charge in [0.1, 0.15) is 11.5 Å². The van der Waals surface area contributed by atoms with Crippen LogP contribution in [0.3, 0.4) is 0 Å². The molecule has 0 saturated carbocycles. The number of ether oxygens (including phenoxy) is 2. The van der Waals surface area contributed by atoms with E-state index in [2.05, 4.69) is 14.9 Å². The minimum Gasteiger partial charge on any atom is -0.492 e. The van der Waals surface area contributed by atoms with Crippen molar-refractivity contribution in [2.24, 2.45) is 0 Å². The largest absolute Gasteiger partial charge is 0.492 e. The van der Waals surface area contributed by atoms with Crippen LogP contribution in [0, 0.1) is 10.1 Å². The Bertz CT molecular complexity index is 984. The number of hydrogen-bond acceptors (Lipinski definition) is 8. The first-order valence-electron chi connectivity index (χ1n) is 8.20. The van der Waals surface area contributed by atoms with Gasteiger partial charge >= 0.3 is 6.61 Å². The summed E-state index contributed by atoms with van der Waals surface area (Å²) in [5, 5.41) is 19.2. The van der Waals surface area contributed by atoms with Gasteiger partial charge < -0.3 is 15.3 Å². The Morgan fingerprint density at radius 2 is 1.93 bits per heavy atom. The Labute approximate surface area is 167 Å². The summed E-state index contributed by atoms with van der Waals surface area (Å²) in [5.74, 6) is 7.25. The number of nitrogens with zero attached hydrogens (tertiary/aromatic N) is 4. The molecule has 2 aromatic carbocycles. The number of halogens is 2. The van der Waals surface area contributed by atoms with E-state index in [0.717, 1.165) is 0 Å². The standard InChI is InChI=1S/C17H15F2N5O4S/c18-16(19)28-13-6-4-11(5-7-13)15-21-22-17(23(15)20)29-9-8-27-14-3-1-2-12(10-14)24(25)26/h1-7,10,16H,8-9,20H2. The van der Waals surface area contributed by atoms with Crippen molar-refractivity contribution in [2.75, 3.05) is 18.2 Å². The van der Waals surface area contributed by atoms with Gasteiger partial charge in [-0.25, -0.2) is 4.68 Å². The Kier molecular flexibility index (Phi) is 6.44. The molecule has 0 spiro atoms. The summed E-state index contributed by atoms with van der Waals surface area (Å²) in [7, 11) is 0. The third-order valence-corrected chi connectivity index (χ3v) is 4.52. The topological polar surface area (TPSA) is 118 Å². The molecule has 0 fully saturated rings. The number of nitrogen functional groups attached to an aromatic ring is 1. The summed E-state index contributed by atoms with van der Waals surface area (Å²) in [6.07, 6.45) is 0. The summed E-state index contributed by atoms with van der Waals surface area (Å²) in [4.78, 5) is 10.3.